The van der Waals surface area contributed by atoms with Crippen molar-refractivity contribution in [1.29, 1.82) is 0 Å². The number of ether oxygens (including phenoxy) is 1. The number of carbonyl (C=O) groups is 1. The number of benzene rings is 1. The summed E-state index contributed by atoms with van der Waals surface area (Å²) in [6.45, 7) is 7.83. The minimum Gasteiger partial charge on any atom is -0.376 e. The third kappa shape index (κ3) is 3.66. The zero-order valence-electron chi connectivity index (χ0n) is 18.1. The lowest BCUT2D eigenvalue weighted by Crippen LogP contribution is -2.17. The molecular formula is C24H26N4O2S. The molecule has 1 aromatic carbocycles. The lowest BCUT2D eigenvalue weighted by Gasteiger charge is -2.14. The van der Waals surface area contributed by atoms with Gasteiger partial charge in [-0.3, -0.25) is 9.20 Å². The van der Waals surface area contributed by atoms with E-state index in [4.69, 9.17) is 4.74 Å². The predicted octanol–water partition coefficient (Wildman–Crippen LogP) is 4.76. The third-order valence-electron chi connectivity index (χ3n) is 6.19. The summed E-state index contributed by atoms with van der Waals surface area (Å²) in [7, 11) is 0. The van der Waals surface area contributed by atoms with Gasteiger partial charge in [0.05, 0.1) is 17.4 Å². The molecule has 1 atom stereocenters. The number of aromatic nitrogens is 4. The number of carbonyl (C=O) groups excluding carboxylic acids is 1. The molecule has 1 aliphatic rings. The first-order valence-electron chi connectivity index (χ1n) is 10.7. The van der Waals surface area contributed by atoms with Crippen LogP contribution in [0.4, 0.5) is 0 Å². The quantitative estimate of drug-likeness (QED) is 0.323. The second-order valence-corrected chi connectivity index (χ2v) is 9.21. The Bertz CT molecular complexity index is 1280. The molecule has 31 heavy (non-hydrogen) atoms. The van der Waals surface area contributed by atoms with E-state index in [2.05, 4.69) is 40.7 Å². The monoisotopic (exact) mass is 434 g/mol. The molecule has 0 spiro atoms. The van der Waals surface area contributed by atoms with E-state index < -0.39 is 0 Å². The van der Waals surface area contributed by atoms with E-state index in [1.54, 1.807) is 0 Å². The molecule has 0 amide bonds. The fraction of sp³-hybridized carbons (Fsp3) is 0.375. The van der Waals surface area contributed by atoms with Crippen LogP contribution < -0.4 is 0 Å². The van der Waals surface area contributed by atoms with Crippen LogP contribution in [0.3, 0.4) is 0 Å². The first-order valence-corrected chi connectivity index (χ1v) is 11.7. The fourth-order valence-corrected chi connectivity index (χ4v) is 5.37. The minimum absolute atomic E-state index is 0.116. The number of hydrogen-bond acceptors (Lipinski definition) is 5. The van der Waals surface area contributed by atoms with E-state index in [-0.39, 0.29) is 11.9 Å². The van der Waals surface area contributed by atoms with Crippen LogP contribution in [-0.2, 0) is 11.3 Å². The van der Waals surface area contributed by atoms with E-state index in [9.17, 15) is 4.79 Å². The first kappa shape index (κ1) is 20.3. The van der Waals surface area contributed by atoms with Crippen LogP contribution in [0.15, 0.2) is 41.6 Å². The molecule has 0 radical (unpaired) electrons. The van der Waals surface area contributed by atoms with Crippen LogP contribution in [0, 0.1) is 20.8 Å². The average molecular weight is 435 g/mol. The van der Waals surface area contributed by atoms with Crippen LogP contribution in [-0.4, -0.2) is 43.4 Å². The van der Waals surface area contributed by atoms with Gasteiger partial charge in [0.25, 0.3) is 0 Å². The van der Waals surface area contributed by atoms with Gasteiger partial charge in [0.1, 0.15) is 0 Å². The minimum atomic E-state index is 0.116. The number of nitrogens with zero attached hydrogens (tertiary/aromatic N) is 4. The lowest BCUT2D eigenvalue weighted by molar-refractivity contribution is 0.0957. The van der Waals surface area contributed by atoms with E-state index in [1.807, 2.05) is 35.6 Å². The zero-order chi connectivity index (χ0) is 21.5. The highest BCUT2D eigenvalue weighted by molar-refractivity contribution is 7.99. The number of Topliss-reactive ketones (excluding diaryl/α,β-unsaturated/α-hetero) is 1. The number of pyridine rings is 1. The molecule has 3 aromatic heterocycles. The van der Waals surface area contributed by atoms with Crippen LogP contribution in [0.2, 0.25) is 0 Å². The summed E-state index contributed by atoms with van der Waals surface area (Å²) in [5.41, 5.74) is 5.95. The lowest BCUT2D eigenvalue weighted by atomic mass is 10.1. The molecule has 7 heteroatoms. The summed E-state index contributed by atoms with van der Waals surface area (Å²) < 4.78 is 10.1. The second kappa shape index (κ2) is 8.13. The number of aryl methyl sites for hydroxylation is 2. The van der Waals surface area contributed by atoms with Crippen molar-refractivity contribution >= 4 is 34.1 Å². The van der Waals surface area contributed by atoms with Crippen LogP contribution >= 0.6 is 11.8 Å². The number of ketones is 1. The molecule has 0 unspecified atom stereocenters. The van der Waals surface area contributed by atoms with Gasteiger partial charge in [0.15, 0.2) is 16.6 Å². The smallest absolute Gasteiger partial charge is 0.196 e. The molecule has 4 heterocycles. The highest BCUT2D eigenvalue weighted by Crippen LogP contribution is 2.27. The number of rotatable bonds is 6. The molecule has 1 aliphatic heterocycles. The van der Waals surface area contributed by atoms with Crippen molar-refractivity contribution in [2.45, 2.75) is 51.4 Å². The van der Waals surface area contributed by atoms with Crippen molar-refractivity contribution in [2.24, 2.45) is 0 Å². The molecule has 0 saturated carbocycles. The number of hydrogen-bond donors (Lipinski definition) is 0. The molecule has 5 rings (SSSR count). The molecule has 0 N–H and O–H groups in total. The summed E-state index contributed by atoms with van der Waals surface area (Å²) in [6, 6.07) is 12.3. The fourth-order valence-electron chi connectivity index (χ4n) is 4.53. The van der Waals surface area contributed by atoms with Gasteiger partial charge in [-0.1, -0.05) is 30.0 Å². The molecular weight excluding hydrogens is 408 g/mol. The van der Waals surface area contributed by atoms with E-state index >= 15 is 0 Å². The van der Waals surface area contributed by atoms with Crippen LogP contribution in [0.25, 0.3) is 16.6 Å². The van der Waals surface area contributed by atoms with Crippen molar-refractivity contribution in [3.63, 3.8) is 0 Å². The van der Waals surface area contributed by atoms with Gasteiger partial charge >= 0.3 is 0 Å². The second-order valence-electron chi connectivity index (χ2n) is 8.26. The Morgan fingerprint density at radius 2 is 2.03 bits per heavy atom. The topological polar surface area (TPSA) is 61.4 Å². The van der Waals surface area contributed by atoms with Crippen molar-refractivity contribution in [1.82, 2.24) is 19.2 Å². The van der Waals surface area contributed by atoms with Gasteiger partial charge in [0, 0.05) is 35.5 Å². The van der Waals surface area contributed by atoms with Gasteiger partial charge in [-0.2, -0.15) is 0 Å². The van der Waals surface area contributed by atoms with Gasteiger partial charge < -0.3 is 9.30 Å². The highest BCUT2D eigenvalue weighted by atomic mass is 32.2. The predicted molar refractivity (Wildman–Crippen MR) is 123 cm³/mol. The van der Waals surface area contributed by atoms with E-state index in [0.717, 1.165) is 59.3 Å². The number of thioether (sulfide) groups is 1. The first-order chi connectivity index (χ1) is 15.0. The molecule has 6 nitrogen and oxygen atoms in total. The van der Waals surface area contributed by atoms with Gasteiger partial charge in [0.2, 0.25) is 0 Å². The highest BCUT2D eigenvalue weighted by Gasteiger charge is 2.22. The van der Waals surface area contributed by atoms with Gasteiger partial charge in [-0.25, -0.2) is 0 Å². The largest absolute Gasteiger partial charge is 0.376 e. The molecule has 0 bridgehead atoms. The Morgan fingerprint density at radius 1 is 1.19 bits per heavy atom. The SMILES string of the molecule is Cc1cc2nnc(SCC(=O)c3cc(C)n(C[C@@H]4CCCO4)c3C)n2c2ccccc12. The molecule has 1 fully saturated rings. The standard InChI is InChI=1S/C24H26N4O2S/c1-15-11-23-25-26-24(28(23)21-9-5-4-8-19(15)21)31-14-22(29)20-12-16(2)27(17(20)3)13-18-7-6-10-30-18/h4-5,8-9,11-12,18H,6-7,10,13-14H2,1-3H3/t18-/m0/s1. The zero-order valence-corrected chi connectivity index (χ0v) is 18.9. The van der Waals surface area contributed by atoms with Crippen LogP contribution in [0.1, 0.15) is 40.2 Å². The van der Waals surface area contributed by atoms with Gasteiger partial charge in [-0.05, 0) is 57.4 Å². The van der Waals surface area contributed by atoms with E-state index in [0.29, 0.717) is 5.75 Å². The summed E-state index contributed by atoms with van der Waals surface area (Å²) in [4.78, 5) is 13.1. The Hall–Kier alpha value is -2.64. The molecule has 0 aliphatic carbocycles. The maximum Gasteiger partial charge on any atom is 0.196 e. The van der Waals surface area contributed by atoms with Crippen molar-refractivity contribution in [3.05, 3.63) is 58.9 Å². The molecule has 4 aromatic rings. The average Bonchev–Trinajstić information content (AvgIpc) is 3.49. The Kier molecular flexibility index (Phi) is 5.32. The van der Waals surface area contributed by atoms with Crippen molar-refractivity contribution in [3.8, 4) is 0 Å². The van der Waals surface area contributed by atoms with Crippen LogP contribution in [0.5, 0.6) is 0 Å². The Morgan fingerprint density at radius 3 is 2.84 bits per heavy atom. The van der Waals surface area contributed by atoms with Crippen molar-refractivity contribution < 1.29 is 9.53 Å². The normalized spacial score (nSPS) is 16.5. The summed E-state index contributed by atoms with van der Waals surface area (Å²) in [5, 5.41) is 10.6. The molecule has 160 valence electrons. The summed E-state index contributed by atoms with van der Waals surface area (Å²) in [5.74, 6) is 0.442. The summed E-state index contributed by atoms with van der Waals surface area (Å²) in [6.07, 6.45) is 2.46. The Balaban J connectivity index is 1.39. The number of para-hydroxylation sites is 1. The summed E-state index contributed by atoms with van der Waals surface area (Å²) >= 11 is 1.44. The maximum atomic E-state index is 13.1. The Labute approximate surface area is 185 Å². The third-order valence-corrected chi connectivity index (χ3v) is 7.12. The van der Waals surface area contributed by atoms with E-state index in [1.165, 1.54) is 22.7 Å². The van der Waals surface area contributed by atoms with Crippen molar-refractivity contribution in [2.75, 3.05) is 12.4 Å². The number of fused-ring (bicyclic) bond motifs is 3. The maximum absolute atomic E-state index is 13.1. The van der Waals surface area contributed by atoms with Gasteiger partial charge in [-0.15, -0.1) is 10.2 Å². The molecule has 1 saturated heterocycles.